The fourth-order valence-electron chi connectivity index (χ4n) is 5.25. The molecule has 7 nitrogen and oxygen atoms in total. The minimum absolute atomic E-state index is 0.0856. The van der Waals surface area contributed by atoms with E-state index in [-0.39, 0.29) is 36.6 Å². The highest BCUT2D eigenvalue weighted by atomic mass is 35.5. The van der Waals surface area contributed by atoms with Gasteiger partial charge in [-0.1, -0.05) is 66.8 Å². The Labute approximate surface area is 241 Å². The van der Waals surface area contributed by atoms with Crippen LogP contribution in [0.3, 0.4) is 0 Å². The van der Waals surface area contributed by atoms with E-state index in [1.807, 2.05) is 32.0 Å². The van der Waals surface area contributed by atoms with Crippen LogP contribution in [-0.2, 0) is 14.4 Å². The summed E-state index contributed by atoms with van der Waals surface area (Å²) < 4.78 is 0. The number of benzene rings is 2. The van der Waals surface area contributed by atoms with Crippen molar-refractivity contribution in [3.05, 3.63) is 88.6 Å². The normalized spacial score (nSPS) is 14.3. The summed E-state index contributed by atoms with van der Waals surface area (Å²) in [5.41, 5.74) is 3.31. The molecule has 1 aliphatic carbocycles. The molecule has 2 N–H and O–H groups in total. The Morgan fingerprint density at radius 1 is 0.975 bits per heavy atom. The van der Waals surface area contributed by atoms with Crippen LogP contribution in [-0.4, -0.2) is 28.7 Å². The number of pyridine rings is 1. The van der Waals surface area contributed by atoms with Gasteiger partial charge in [-0.2, -0.15) is 0 Å². The van der Waals surface area contributed by atoms with E-state index in [1.165, 1.54) is 6.42 Å². The lowest BCUT2D eigenvalue weighted by molar-refractivity contribution is -0.127. The average molecular weight is 561 g/mol. The summed E-state index contributed by atoms with van der Waals surface area (Å²) in [5.74, 6) is -0.182. The van der Waals surface area contributed by atoms with Crippen LogP contribution in [0.1, 0.15) is 74.1 Å². The van der Waals surface area contributed by atoms with E-state index in [2.05, 4.69) is 15.6 Å². The Bertz CT molecular complexity index is 1310. The van der Waals surface area contributed by atoms with Crippen molar-refractivity contribution >= 4 is 40.8 Å². The second-order valence-corrected chi connectivity index (χ2v) is 10.9. The number of carbonyl (C=O) groups is 3. The number of nitrogens with one attached hydrogen (secondary N) is 2. The molecule has 3 aromatic rings. The van der Waals surface area contributed by atoms with Gasteiger partial charge in [-0.3, -0.25) is 19.3 Å². The van der Waals surface area contributed by atoms with Gasteiger partial charge in [0.05, 0.1) is 0 Å². The number of rotatable bonds is 10. The first-order chi connectivity index (χ1) is 19.3. The van der Waals surface area contributed by atoms with Gasteiger partial charge in [0.1, 0.15) is 11.9 Å². The van der Waals surface area contributed by atoms with E-state index in [0.29, 0.717) is 28.5 Å². The molecule has 0 unspecified atom stereocenters. The van der Waals surface area contributed by atoms with Crippen molar-refractivity contribution in [2.45, 2.75) is 77.3 Å². The summed E-state index contributed by atoms with van der Waals surface area (Å²) in [4.78, 5) is 46.2. The van der Waals surface area contributed by atoms with Gasteiger partial charge in [0.15, 0.2) is 0 Å². The van der Waals surface area contributed by atoms with E-state index >= 15 is 0 Å². The number of anilines is 2. The number of hydrogen-bond donors (Lipinski definition) is 2. The average Bonchev–Trinajstić information content (AvgIpc) is 2.94. The van der Waals surface area contributed by atoms with Crippen molar-refractivity contribution in [3.8, 4) is 0 Å². The third-order valence-corrected chi connectivity index (χ3v) is 7.50. The largest absolute Gasteiger partial charge is 0.351 e. The SMILES string of the molecule is Cc1ccc(N(C(=O)CCCC(=O)Nc2ccccn2)[C@@H](C(=O)NC2CCCCC2)c2ccc(Cl)cc2)c(C)c1. The summed E-state index contributed by atoms with van der Waals surface area (Å²) in [7, 11) is 0. The lowest BCUT2D eigenvalue weighted by Gasteiger charge is -2.34. The zero-order chi connectivity index (χ0) is 28.5. The smallest absolute Gasteiger partial charge is 0.248 e. The van der Waals surface area contributed by atoms with Gasteiger partial charge in [0.2, 0.25) is 17.7 Å². The monoisotopic (exact) mass is 560 g/mol. The molecule has 0 bridgehead atoms. The number of carbonyl (C=O) groups excluding carboxylic acids is 3. The number of hydrogen-bond acceptors (Lipinski definition) is 4. The Balaban J connectivity index is 1.60. The second-order valence-electron chi connectivity index (χ2n) is 10.5. The third-order valence-electron chi connectivity index (χ3n) is 7.25. The Kier molecular flexibility index (Phi) is 10.3. The van der Waals surface area contributed by atoms with E-state index < -0.39 is 6.04 Å². The lowest BCUT2D eigenvalue weighted by atomic mass is 9.94. The maximum atomic E-state index is 14.0. The lowest BCUT2D eigenvalue weighted by Crippen LogP contribution is -2.47. The molecule has 40 heavy (non-hydrogen) atoms. The van der Waals surface area contributed by atoms with Crippen molar-refractivity contribution in [2.24, 2.45) is 0 Å². The highest BCUT2D eigenvalue weighted by Gasteiger charge is 2.34. The van der Waals surface area contributed by atoms with Crippen molar-refractivity contribution in [1.82, 2.24) is 10.3 Å². The van der Waals surface area contributed by atoms with Gasteiger partial charge in [0, 0.05) is 35.8 Å². The molecule has 1 aliphatic rings. The van der Waals surface area contributed by atoms with Crippen molar-refractivity contribution in [3.63, 3.8) is 0 Å². The number of aromatic nitrogens is 1. The highest BCUT2D eigenvalue weighted by Crippen LogP contribution is 2.33. The predicted molar refractivity (Wildman–Crippen MR) is 159 cm³/mol. The molecule has 0 spiro atoms. The van der Waals surface area contributed by atoms with Crippen LogP contribution in [0.4, 0.5) is 11.5 Å². The number of halogens is 1. The molecule has 8 heteroatoms. The van der Waals surface area contributed by atoms with Crippen LogP contribution in [0.2, 0.25) is 5.02 Å². The van der Waals surface area contributed by atoms with Crippen molar-refractivity contribution in [1.29, 1.82) is 0 Å². The first-order valence-electron chi connectivity index (χ1n) is 14.0. The molecule has 1 heterocycles. The Morgan fingerprint density at radius 2 is 1.73 bits per heavy atom. The molecule has 0 aliphatic heterocycles. The highest BCUT2D eigenvalue weighted by molar-refractivity contribution is 6.30. The molecular formula is C32H37ClN4O3. The Morgan fingerprint density at radius 3 is 2.40 bits per heavy atom. The standard InChI is InChI=1S/C32H37ClN4O3/c1-22-14-19-27(23(2)21-22)37(30(39)13-8-12-29(38)36-28-11-6-7-20-34-28)31(24-15-17-25(33)18-16-24)32(40)35-26-9-4-3-5-10-26/h6-7,11,14-21,26,31H,3-5,8-10,12-13H2,1-2H3,(H,35,40)(H,34,36,38)/t31-/m1/s1. The Hall–Kier alpha value is -3.71. The number of aryl methyl sites for hydroxylation is 2. The number of amides is 3. The molecule has 1 aromatic heterocycles. The molecule has 1 saturated carbocycles. The summed E-state index contributed by atoms with van der Waals surface area (Å²) in [5, 5.41) is 6.54. The molecule has 1 fully saturated rings. The molecule has 0 radical (unpaired) electrons. The quantitative estimate of drug-likeness (QED) is 0.289. The minimum atomic E-state index is -0.879. The van der Waals surface area contributed by atoms with Crippen LogP contribution in [0.25, 0.3) is 0 Å². The summed E-state index contributed by atoms with van der Waals surface area (Å²) in [6.07, 6.45) is 7.39. The number of nitrogens with zero attached hydrogens (tertiary/aromatic N) is 2. The maximum Gasteiger partial charge on any atom is 0.248 e. The van der Waals surface area contributed by atoms with E-state index in [4.69, 9.17) is 11.6 Å². The van der Waals surface area contributed by atoms with Crippen LogP contribution >= 0.6 is 11.6 Å². The van der Waals surface area contributed by atoms with E-state index in [0.717, 1.165) is 36.8 Å². The molecule has 2 aromatic carbocycles. The van der Waals surface area contributed by atoms with Gasteiger partial charge >= 0.3 is 0 Å². The fourth-order valence-corrected chi connectivity index (χ4v) is 5.37. The zero-order valence-electron chi connectivity index (χ0n) is 23.2. The van der Waals surface area contributed by atoms with Crippen LogP contribution < -0.4 is 15.5 Å². The first-order valence-corrected chi connectivity index (χ1v) is 14.4. The van der Waals surface area contributed by atoms with Gasteiger partial charge in [-0.15, -0.1) is 0 Å². The topological polar surface area (TPSA) is 91.4 Å². The molecule has 3 amide bonds. The fraction of sp³-hybridized carbons (Fsp3) is 0.375. The molecular weight excluding hydrogens is 524 g/mol. The summed E-state index contributed by atoms with van der Waals surface area (Å²) in [6, 6.07) is 17.4. The predicted octanol–water partition coefficient (Wildman–Crippen LogP) is 6.68. The van der Waals surface area contributed by atoms with Gasteiger partial charge in [0.25, 0.3) is 0 Å². The van der Waals surface area contributed by atoms with Gasteiger partial charge in [-0.05, 0) is 74.6 Å². The maximum absolute atomic E-state index is 14.0. The molecule has 210 valence electrons. The van der Waals surface area contributed by atoms with Crippen LogP contribution in [0.5, 0.6) is 0 Å². The summed E-state index contributed by atoms with van der Waals surface area (Å²) in [6.45, 7) is 3.94. The third kappa shape index (κ3) is 7.92. The van der Waals surface area contributed by atoms with E-state index in [9.17, 15) is 14.4 Å². The molecule has 4 rings (SSSR count). The zero-order valence-corrected chi connectivity index (χ0v) is 23.9. The molecule has 1 atom stereocenters. The first kappa shape index (κ1) is 29.3. The van der Waals surface area contributed by atoms with Crippen molar-refractivity contribution in [2.75, 3.05) is 10.2 Å². The molecule has 0 saturated heterocycles. The van der Waals surface area contributed by atoms with Crippen LogP contribution in [0, 0.1) is 13.8 Å². The van der Waals surface area contributed by atoms with E-state index in [1.54, 1.807) is 53.6 Å². The minimum Gasteiger partial charge on any atom is -0.351 e. The van der Waals surface area contributed by atoms with Crippen LogP contribution in [0.15, 0.2) is 66.9 Å². The van der Waals surface area contributed by atoms with Gasteiger partial charge in [-0.25, -0.2) is 4.98 Å². The van der Waals surface area contributed by atoms with Gasteiger partial charge < -0.3 is 10.6 Å². The summed E-state index contributed by atoms with van der Waals surface area (Å²) >= 11 is 6.19. The van der Waals surface area contributed by atoms with Crippen molar-refractivity contribution < 1.29 is 14.4 Å². The second kappa shape index (κ2) is 14.1.